The summed E-state index contributed by atoms with van der Waals surface area (Å²) < 4.78 is 6.28. The summed E-state index contributed by atoms with van der Waals surface area (Å²) in [4.78, 5) is 15.4. The molecule has 2 rings (SSSR count). The smallest absolute Gasteiger partial charge is 0.356 e. The van der Waals surface area contributed by atoms with E-state index in [1.807, 2.05) is 30.3 Å². The monoisotopic (exact) mass is 250 g/mol. The van der Waals surface area contributed by atoms with Gasteiger partial charge in [-0.15, -0.1) is 0 Å². The summed E-state index contributed by atoms with van der Waals surface area (Å²) in [6, 6.07) is 9.70. The Hall–Kier alpha value is -1.81. The Balaban J connectivity index is 2.32. The van der Waals surface area contributed by atoms with Gasteiger partial charge in [-0.3, -0.25) is 0 Å². The van der Waals surface area contributed by atoms with Gasteiger partial charge in [-0.2, -0.15) is 0 Å². The minimum atomic E-state index is -0.444. The number of ether oxygens (including phenoxy) is 1. The Morgan fingerprint density at radius 2 is 2.12 bits per heavy atom. The van der Waals surface area contributed by atoms with Crippen molar-refractivity contribution in [3.63, 3.8) is 0 Å². The lowest BCUT2D eigenvalue weighted by molar-refractivity contribution is 0.0589. The summed E-state index contributed by atoms with van der Waals surface area (Å²) in [5, 5.41) is 0.272. The molecule has 0 bridgehead atoms. The van der Waals surface area contributed by atoms with Crippen LogP contribution in [0.5, 0.6) is 0 Å². The topological polar surface area (TPSA) is 44.1 Å². The molecule has 5 heteroatoms. The Labute approximate surface area is 104 Å². The number of hydrogen-bond donors (Lipinski definition) is 0. The normalized spacial score (nSPS) is 10.2. The van der Waals surface area contributed by atoms with Gasteiger partial charge in [0, 0.05) is 0 Å². The summed E-state index contributed by atoms with van der Waals surface area (Å²) >= 11 is 5.94. The average molecular weight is 251 g/mol. The molecule has 0 unspecified atom stereocenters. The number of imidazole rings is 1. The lowest BCUT2D eigenvalue weighted by atomic mass is 10.2. The van der Waals surface area contributed by atoms with Gasteiger partial charge in [0.1, 0.15) is 5.69 Å². The van der Waals surface area contributed by atoms with Crippen molar-refractivity contribution >= 4 is 17.6 Å². The first kappa shape index (κ1) is 11.7. The van der Waals surface area contributed by atoms with Crippen LogP contribution in [-0.4, -0.2) is 22.6 Å². The first-order valence-corrected chi connectivity index (χ1v) is 5.43. The van der Waals surface area contributed by atoms with Gasteiger partial charge in [-0.25, -0.2) is 9.78 Å². The van der Waals surface area contributed by atoms with E-state index in [1.54, 1.807) is 4.57 Å². The summed E-state index contributed by atoms with van der Waals surface area (Å²) in [5.74, 6) is -0.444. The molecule has 1 aromatic carbocycles. The van der Waals surface area contributed by atoms with E-state index in [0.29, 0.717) is 12.2 Å². The van der Waals surface area contributed by atoms with E-state index >= 15 is 0 Å². The zero-order valence-corrected chi connectivity index (χ0v) is 10.0. The van der Waals surface area contributed by atoms with E-state index in [-0.39, 0.29) is 5.28 Å². The van der Waals surface area contributed by atoms with Crippen molar-refractivity contribution in [2.24, 2.45) is 0 Å². The highest BCUT2D eigenvalue weighted by atomic mass is 35.5. The maximum atomic E-state index is 11.5. The average Bonchev–Trinajstić information content (AvgIpc) is 2.72. The van der Waals surface area contributed by atoms with E-state index in [0.717, 1.165) is 5.56 Å². The van der Waals surface area contributed by atoms with E-state index in [9.17, 15) is 4.79 Å². The van der Waals surface area contributed by atoms with Crippen LogP contribution < -0.4 is 0 Å². The number of rotatable bonds is 3. The SMILES string of the molecule is COC(=O)c1cnc(Cl)n1Cc1ccccc1. The molecule has 4 nitrogen and oxygen atoms in total. The minimum Gasteiger partial charge on any atom is -0.464 e. The van der Waals surface area contributed by atoms with Crippen molar-refractivity contribution in [2.45, 2.75) is 6.54 Å². The van der Waals surface area contributed by atoms with Gasteiger partial charge >= 0.3 is 5.97 Å². The minimum absolute atomic E-state index is 0.272. The van der Waals surface area contributed by atoms with E-state index in [2.05, 4.69) is 9.72 Å². The van der Waals surface area contributed by atoms with Crippen molar-refractivity contribution in [3.8, 4) is 0 Å². The molecule has 0 saturated heterocycles. The van der Waals surface area contributed by atoms with E-state index < -0.39 is 5.97 Å². The molecule has 0 aliphatic carbocycles. The molecule has 0 amide bonds. The number of esters is 1. The molecule has 0 spiro atoms. The Morgan fingerprint density at radius 1 is 1.41 bits per heavy atom. The molecule has 1 aromatic heterocycles. The lowest BCUT2D eigenvalue weighted by Gasteiger charge is -2.07. The van der Waals surface area contributed by atoms with E-state index in [4.69, 9.17) is 11.6 Å². The van der Waals surface area contributed by atoms with Crippen LogP contribution in [-0.2, 0) is 11.3 Å². The van der Waals surface area contributed by atoms with Crippen LogP contribution in [0.3, 0.4) is 0 Å². The Kier molecular flexibility index (Phi) is 3.44. The number of carbonyl (C=O) groups is 1. The fourth-order valence-electron chi connectivity index (χ4n) is 1.54. The predicted molar refractivity (Wildman–Crippen MR) is 64.1 cm³/mol. The third-order valence-corrected chi connectivity index (χ3v) is 2.69. The molecule has 0 aliphatic rings. The highest BCUT2D eigenvalue weighted by Gasteiger charge is 2.15. The Bertz CT molecular complexity index is 523. The van der Waals surface area contributed by atoms with Crippen molar-refractivity contribution in [1.82, 2.24) is 9.55 Å². The quantitative estimate of drug-likeness (QED) is 0.786. The fraction of sp³-hybridized carbons (Fsp3) is 0.167. The molecule has 88 valence electrons. The van der Waals surface area contributed by atoms with Gasteiger partial charge in [0.25, 0.3) is 0 Å². The second-order valence-corrected chi connectivity index (χ2v) is 3.81. The van der Waals surface area contributed by atoms with Crippen LogP contribution in [0.25, 0.3) is 0 Å². The van der Waals surface area contributed by atoms with E-state index in [1.165, 1.54) is 13.3 Å². The number of methoxy groups -OCH3 is 1. The fourth-order valence-corrected chi connectivity index (χ4v) is 1.74. The molecule has 2 aromatic rings. The predicted octanol–water partition coefficient (Wildman–Crippen LogP) is 2.37. The molecule has 0 atom stereocenters. The van der Waals surface area contributed by atoms with Crippen LogP contribution in [0.15, 0.2) is 36.5 Å². The summed E-state index contributed by atoms with van der Waals surface area (Å²) in [5.41, 5.74) is 1.39. The van der Waals surface area contributed by atoms with Gasteiger partial charge < -0.3 is 9.30 Å². The van der Waals surface area contributed by atoms with Gasteiger partial charge in [0.2, 0.25) is 5.28 Å². The molecule has 17 heavy (non-hydrogen) atoms. The van der Waals surface area contributed by atoms with Crippen molar-refractivity contribution < 1.29 is 9.53 Å². The molecule has 0 fully saturated rings. The highest BCUT2D eigenvalue weighted by molar-refractivity contribution is 6.28. The molecule has 0 radical (unpaired) electrons. The maximum Gasteiger partial charge on any atom is 0.356 e. The number of hydrogen-bond acceptors (Lipinski definition) is 3. The number of aromatic nitrogens is 2. The number of benzene rings is 1. The first-order chi connectivity index (χ1) is 8.22. The van der Waals surface area contributed by atoms with Crippen molar-refractivity contribution in [2.75, 3.05) is 7.11 Å². The summed E-state index contributed by atoms with van der Waals surface area (Å²) in [6.07, 6.45) is 1.41. The van der Waals surface area contributed by atoms with Gasteiger partial charge in [0.15, 0.2) is 0 Å². The number of nitrogens with zero attached hydrogens (tertiary/aromatic N) is 2. The Morgan fingerprint density at radius 3 is 2.76 bits per heavy atom. The summed E-state index contributed by atoms with van der Waals surface area (Å²) in [7, 11) is 1.33. The van der Waals surface area contributed by atoms with Crippen molar-refractivity contribution in [1.29, 1.82) is 0 Å². The van der Waals surface area contributed by atoms with Crippen LogP contribution >= 0.6 is 11.6 Å². The largest absolute Gasteiger partial charge is 0.464 e. The molecular formula is C12H11ClN2O2. The van der Waals surface area contributed by atoms with Gasteiger partial charge in [-0.1, -0.05) is 30.3 Å². The molecular weight excluding hydrogens is 240 g/mol. The lowest BCUT2D eigenvalue weighted by Crippen LogP contribution is -2.11. The number of halogens is 1. The van der Waals surface area contributed by atoms with Crippen LogP contribution in [0, 0.1) is 0 Å². The van der Waals surface area contributed by atoms with Crippen LogP contribution in [0.2, 0.25) is 5.28 Å². The van der Waals surface area contributed by atoms with Crippen LogP contribution in [0.1, 0.15) is 16.1 Å². The zero-order valence-electron chi connectivity index (χ0n) is 9.26. The maximum absolute atomic E-state index is 11.5. The molecule has 1 heterocycles. The third kappa shape index (κ3) is 2.47. The van der Waals surface area contributed by atoms with Crippen LogP contribution in [0.4, 0.5) is 0 Å². The standard InChI is InChI=1S/C12H11ClN2O2/c1-17-11(16)10-7-14-12(13)15(10)8-9-5-3-2-4-6-9/h2-7H,8H2,1H3. The second kappa shape index (κ2) is 5.01. The highest BCUT2D eigenvalue weighted by Crippen LogP contribution is 2.14. The molecule has 0 N–H and O–H groups in total. The van der Waals surface area contributed by atoms with Gasteiger partial charge in [-0.05, 0) is 17.2 Å². The second-order valence-electron chi connectivity index (χ2n) is 3.48. The first-order valence-electron chi connectivity index (χ1n) is 5.05. The van der Waals surface area contributed by atoms with Gasteiger partial charge in [0.05, 0.1) is 19.9 Å². The summed E-state index contributed by atoms with van der Waals surface area (Å²) in [6.45, 7) is 0.490. The zero-order chi connectivity index (χ0) is 12.3. The third-order valence-electron chi connectivity index (χ3n) is 2.38. The van der Waals surface area contributed by atoms with Crippen molar-refractivity contribution in [3.05, 3.63) is 53.1 Å². The number of carbonyl (C=O) groups excluding carboxylic acids is 1. The molecule has 0 saturated carbocycles. The molecule has 0 aliphatic heterocycles.